The summed E-state index contributed by atoms with van der Waals surface area (Å²) in [5, 5.41) is 3.33. The first-order valence-electron chi connectivity index (χ1n) is 6.75. The van der Waals surface area contributed by atoms with E-state index in [0.29, 0.717) is 5.56 Å². The van der Waals surface area contributed by atoms with Crippen LogP contribution in [-0.2, 0) is 11.3 Å². The van der Waals surface area contributed by atoms with Crippen molar-refractivity contribution < 1.29 is 9.53 Å². The predicted molar refractivity (Wildman–Crippen MR) is 74.7 cm³/mol. The van der Waals surface area contributed by atoms with Gasteiger partial charge in [-0.15, -0.1) is 0 Å². The van der Waals surface area contributed by atoms with Crippen molar-refractivity contribution in [2.75, 3.05) is 33.3 Å². The van der Waals surface area contributed by atoms with Gasteiger partial charge >= 0.3 is 5.97 Å². The monoisotopic (exact) mass is 274 g/mol. The number of hydrogen-bond donors (Lipinski definition) is 1. The summed E-state index contributed by atoms with van der Waals surface area (Å²) in [6.07, 6.45) is 3.86. The van der Waals surface area contributed by atoms with Gasteiger partial charge in [-0.1, -0.05) is 0 Å². The minimum Gasteiger partial charge on any atom is -0.465 e. The van der Waals surface area contributed by atoms with Crippen molar-refractivity contribution in [3.8, 4) is 0 Å². The second kappa shape index (κ2) is 5.60. The lowest BCUT2D eigenvalue weighted by molar-refractivity contribution is 0.0600. The molecule has 1 aliphatic rings. The lowest BCUT2D eigenvalue weighted by atomic mass is 10.3. The van der Waals surface area contributed by atoms with E-state index >= 15 is 0 Å². The lowest BCUT2D eigenvalue weighted by Crippen LogP contribution is -2.42. The minimum atomic E-state index is -0.334. The van der Waals surface area contributed by atoms with Crippen LogP contribution < -0.4 is 5.32 Å². The van der Waals surface area contributed by atoms with Crippen LogP contribution >= 0.6 is 0 Å². The molecule has 6 heteroatoms. The standard InChI is InChI=1S/C14H18N4O2/c1-20-14(19)11-2-5-18-10-12(16-13(18)8-11)9-17-6-3-15-4-7-17/h2,5,8,10,15H,3-4,6-7,9H2,1H3. The summed E-state index contributed by atoms with van der Waals surface area (Å²) in [4.78, 5) is 18.5. The molecule has 0 saturated carbocycles. The molecule has 106 valence electrons. The molecule has 3 heterocycles. The smallest absolute Gasteiger partial charge is 0.338 e. The molecule has 0 aliphatic carbocycles. The van der Waals surface area contributed by atoms with Crippen LogP contribution in [0.15, 0.2) is 24.5 Å². The number of carbonyl (C=O) groups excluding carboxylic acids is 1. The molecule has 0 aromatic carbocycles. The summed E-state index contributed by atoms with van der Waals surface area (Å²) < 4.78 is 6.66. The quantitative estimate of drug-likeness (QED) is 0.827. The van der Waals surface area contributed by atoms with Crippen LogP contribution in [0.5, 0.6) is 0 Å². The molecular weight excluding hydrogens is 256 g/mol. The summed E-state index contributed by atoms with van der Waals surface area (Å²) in [6.45, 7) is 4.99. The highest BCUT2D eigenvalue weighted by atomic mass is 16.5. The zero-order chi connectivity index (χ0) is 13.9. The van der Waals surface area contributed by atoms with Crippen molar-refractivity contribution in [1.82, 2.24) is 19.6 Å². The van der Waals surface area contributed by atoms with Gasteiger partial charge in [0, 0.05) is 45.1 Å². The number of rotatable bonds is 3. The Morgan fingerprint density at radius 3 is 3.00 bits per heavy atom. The molecule has 0 radical (unpaired) electrons. The van der Waals surface area contributed by atoms with Gasteiger partial charge in [0.05, 0.1) is 18.4 Å². The molecule has 20 heavy (non-hydrogen) atoms. The first kappa shape index (κ1) is 13.1. The van der Waals surface area contributed by atoms with Crippen LogP contribution in [-0.4, -0.2) is 53.5 Å². The van der Waals surface area contributed by atoms with Crippen molar-refractivity contribution in [2.24, 2.45) is 0 Å². The van der Waals surface area contributed by atoms with E-state index in [9.17, 15) is 4.79 Å². The molecule has 0 amide bonds. The van der Waals surface area contributed by atoms with Gasteiger partial charge in [-0.05, 0) is 12.1 Å². The van der Waals surface area contributed by atoms with Crippen molar-refractivity contribution >= 4 is 11.6 Å². The largest absolute Gasteiger partial charge is 0.465 e. The van der Waals surface area contributed by atoms with Crippen molar-refractivity contribution in [2.45, 2.75) is 6.54 Å². The Morgan fingerprint density at radius 1 is 1.45 bits per heavy atom. The van der Waals surface area contributed by atoms with E-state index in [1.807, 2.05) is 16.8 Å². The van der Waals surface area contributed by atoms with Crippen LogP contribution in [0, 0.1) is 0 Å². The number of nitrogens with one attached hydrogen (secondary N) is 1. The molecule has 0 atom stereocenters. The van der Waals surface area contributed by atoms with E-state index in [-0.39, 0.29) is 5.97 Å². The predicted octanol–water partition coefficient (Wildman–Crippen LogP) is 0.526. The Morgan fingerprint density at radius 2 is 2.25 bits per heavy atom. The number of fused-ring (bicyclic) bond motifs is 1. The average Bonchev–Trinajstić information content (AvgIpc) is 2.88. The van der Waals surface area contributed by atoms with E-state index in [4.69, 9.17) is 4.74 Å². The van der Waals surface area contributed by atoms with Gasteiger partial charge in [0.25, 0.3) is 0 Å². The maximum atomic E-state index is 11.5. The number of aromatic nitrogens is 2. The van der Waals surface area contributed by atoms with Gasteiger partial charge in [0.15, 0.2) is 0 Å². The number of carbonyl (C=O) groups is 1. The highest BCUT2D eigenvalue weighted by molar-refractivity contribution is 5.90. The molecule has 0 bridgehead atoms. The van der Waals surface area contributed by atoms with Gasteiger partial charge in [0.2, 0.25) is 0 Å². The number of imidazole rings is 1. The lowest BCUT2D eigenvalue weighted by Gasteiger charge is -2.26. The first-order valence-corrected chi connectivity index (χ1v) is 6.75. The Kier molecular flexibility index (Phi) is 3.66. The fourth-order valence-electron chi connectivity index (χ4n) is 2.45. The average molecular weight is 274 g/mol. The molecule has 6 nitrogen and oxygen atoms in total. The second-order valence-electron chi connectivity index (χ2n) is 4.93. The van der Waals surface area contributed by atoms with E-state index in [0.717, 1.165) is 44.1 Å². The van der Waals surface area contributed by atoms with E-state index in [2.05, 4.69) is 15.2 Å². The number of nitrogens with zero attached hydrogens (tertiary/aromatic N) is 3. The van der Waals surface area contributed by atoms with Gasteiger partial charge in [-0.2, -0.15) is 0 Å². The van der Waals surface area contributed by atoms with E-state index < -0.39 is 0 Å². The number of esters is 1. The van der Waals surface area contributed by atoms with E-state index in [1.165, 1.54) is 7.11 Å². The minimum absolute atomic E-state index is 0.334. The zero-order valence-electron chi connectivity index (χ0n) is 11.5. The van der Waals surface area contributed by atoms with Gasteiger partial charge in [-0.3, -0.25) is 4.90 Å². The van der Waals surface area contributed by atoms with Crippen molar-refractivity contribution in [1.29, 1.82) is 0 Å². The molecule has 2 aromatic rings. The number of methoxy groups -OCH3 is 1. The van der Waals surface area contributed by atoms with Crippen LogP contribution in [0.4, 0.5) is 0 Å². The van der Waals surface area contributed by atoms with Crippen LogP contribution in [0.2, 0.25) is 0 Å². The number of hydrogen-bond acceptors (Lipinski definition) is 5. The second-order valence-corrected chi connectivity index (χ2v) is 4.93. The molecule has 3 rings (SSSR count). The molecular formula is C14H18N4O2. The highest BCUT2D eigenvalue weighted by Crippen LogP contribution is 2.11. The fourth-order valence-corrected chi connectivity index (χ4v) is 2.45. The number of piperazine rings is 1. The Hall–Kier alpha value is -1.92. The topological polar surface area (TPSA) is 58.9 Å². The maximum absolute atomic E-state index is 11.5. The van der Waals surface area contributed by atoms with Gasteiger partial charge in [-0.25, -0.2) is 9.78 Å². The molecule has 1 fully saturated rings. The van der Waals surface area contributed by atoms with Crippen LogP contribution in [0.1, 0.15) is 16.1 Å². The Balaban J connectivity index is 1.81. The summed E-state index contributed by atoms with van der Waals surface area (Å²) in [7, 11) is 1.38. The molecule has 0 unspecified atom stereocenters. The number of pyridine rings is 1. The SMILES string of the molecule is COC(=O)c1ccn2cc(CN3CCNCC3)nc2c1. The fraction of sp³-hybridized carbons (Fsp3) is 0.429. The Bertz CT molecular complexity index is 617. The van der Waals surface area contributed by atoms with Gasteiger partial charge < -0.3 is 14.5 Å². The normalized spacial score (nSPS) is 16.4. The van der Waals surface area contributed by atoms with E-state index in [1.54, 1.807) is 12.1 Å². The molecule has 1 N–H and O–H groups in total. The first-order chi connectivity index (χ1) is 9.76. The molecule has 1 saturated heterocycles. The third kappa shape index (κ3) is 2.66. The van der Waals surface area contributed by atoms with Gasteiger partial charge in [0.1, 0.15) is 5.65 Å². The van der Waals surface area contributed by atoms with Crippen molar-refractivity contribution in [3.63, 3.8) is 0 Å². The van der Waals surface area contributed by atoms with Crippen molar-refractivity contribution in [3.05, 3.63) is 35.8 Å². The summed E-state index contributed by atoms with van der Waals surface area (Å²) in [5.41, 5.74) is 2.33. The third-order valence-electron chi connectivity index (χ3n) is 3.53. The molecule has 0 spiro atoms. The highest BCUT2D eigenvalue weighted by Gasteiger charge is 2.13. The number of ether oxygens (including phenoxy) is 1. The zero-order valence-corrected chi connectivity index (χ0v) is 11.5. The summed E-state index contributed by atoms with van der Waals surface area (Å²) in [6, 6.07) is 3.50. The Labute approximate surface area is 117 Å². The summed E-state index contributed by atoms with van der Waals surface area (Å²) >= 11 is 0. The summed E-state index contributed by atoms with van der Waals surface area (Å²) in [5.74, 6) is -0.334. The molecule has 1 aliphatic heterocycles. The molecule has 2 aromatic heterocycles. The maximum Gasteiger partial charge on any atom is 0.338 e. The van der Waals surface area contributed by atoms with Crippen LogP contribution in [0.25, 0.3) is 5.65 Å². The third-order valence-corrected chi connectivity index (χ3v) is 3.53. The van der Waals surface area contributed by atoms with Crippen LogP contribution in [0.3, 0.4) is 0 Å².